The zero-order valence-corrected chi connectivity index (χ0v) is 19.2. The van der Waals surface area contributed by atoms with Crippen LogP contribution in [0.5, 0.6) is 5.75 Å². The van der Waals surface area contributed by atoms with Crippen LogP contribution in [0.1, 0.15) is 39.1 Å². The summed E-state index contributed by atoms with van der Waals surface area (Å²) in [6.45, 7) is 1.32. The molecule has 166 valence electrons. The molecule has 1 aromatic heterocycles. The van der Waals surface area contributed by atoms with Crippen LogP contribution >= 0.6 is 22.9 Å². The number of piperidine rings is 1. The van der Waals surface area contributed by atoms with Crippen LogP contribution in [0.15, 0.2) is 48.5 Å². The van der Waals surface area contributed by atoms with E-state index in [1.807, 2.05) is 29.2 Å². The molecule has 3 aromatic rings. The van der Waals surface area contributed by atoms with Crippen molar-refractivity contribution in [1.82, 2.24) is 15.1 Å². The van der Waals surface area contributed by atoms with Crippen molar-refractivity contribution in [2.24, 2.45) is 0 Å². The zero-order valence-electron chi connectivity index (χ0n) is 17.6. The number of carbonyl (C=O) groups is 2. The fraction of sp³-hybridized carbons (Fsp3) is 0.304. The maximum Gasteiger partial charge on any atom is 0.286 e. The maximum absolute atomic E-state index is 12.8. The van der Waals surface area contributed by atoms with E-state index in [2.05, 4.69) is 15.5 Å². The highest BCUT2D eigenvalue weighted by atomic mass is 35.5. The minimum atomic E-state index is -0.306. The first-order valence-electron chi connectivity index (χ1n) is 10.3. The molecule has 0 spiro atoms. The van der Waals surface area contributed by atoms with E-state index in [1.165, 1.54) is 11.3 Å². The van der Waals surface area contributed by atoms with Gasteiger partial charge in [0.05, 0.1) is 13.5 Å². The number of carbonyl (C=O) groups excluding carboxylic acids is 2. The van der Waals surface area contributed by atoms with Gasteiger partial charge in [-0.3, -0.25) is 9.59 Å². The molecule has 1 atom stereocenters. The molecule has 0 radical (unpaired) electrons. The number of aromatic nitrogens is 2. The first-order chi connectivity index (χ1) is 15.5. The second-order valence-electron chi connectivity index (χ2n) is 7.61. The number of rotatable bonds is 6. The molecule has 1 N–H and O–H groups in total. The summed E-state index contributed by atoms with van der Waals surface area (Å²) >= 11 is 7.16. The number of likely N-dealkylation sites (tertiary alicyclic amines) is 1. The van der Waals surface area contributed by atoms with E-state index in [1.54, 1.807) is 31.4 Å². The fourth-order valence-electron chi connectivity index (χ4n) is 3.64. The Bertz CT molecular complexity index is 1090. The largest absolute Gasteiger partial charge is 0.497 e. The number of benzene rings is 2. The molecular formula is C23H23ClN4O3S. The molecule has 0 saturated carbocycles. The molecule has 1 aliphatic heterocycles. The number of methoxy groups -OCH3 is 1. The van der Waals surface area contributed by atoms with E-state index >= 15 is 0 Å². The highest BCUT2D eigenvalue weighted by Gasteiger charge is 2.28. The summed E-state index contributed by atoms with van der Waals surface area (Å²) in [5, 5.41) is 12.8. The highest BCUT2D eigenvalue weighted by Crippen LogP contribution is 2.30. The molecule has 0 aliphatic carbocycles. The quantitative estimate of drug-likeness (QED) is 0.577. The number of nitrogens with one attached hydrogen (secondary N) is 1. The van der Waals surface area contributed by atoms with Gasteiger partial charge in [0.25, 0.3) is 5.91 Å². The van der Waals surface area contributed by atoms with E-state index in [-0.39, 0.29) is 17.7 Å². The van der Waals surface area contributed by atoms with Crippen LogP contribution in [0.2, 0.25) is 5.02 Å². The lowest BCUT2D eigenvalue weighted by Gasteiger charge is -2.31. The summed E-state index contributed by atoms with van der Waals surface area (Å²) in [5.74, 6) is 0.633. The topological polar surface area (TPSA) is 84.4 Å². The summed E-state index contributed by atoms with van der Waals surface area (Å²) < 4.78 is 5.17. The van der Waals surface area contributed by atoms with Gasteiger partial charge in [0.2, 0.25) is 10.9 Å². The third-order valence-electron chi connectivity index (χ3n) is 5.37. The minimum absolute atomic E-state index is 0.0816. The summed E-state index contributed by atoms with van der Waals surface area (Å²) in [4.78, 5) is 27.2. The molecule has 1 aliphatic rings. The van der Waals surface area contributed by atoms with Gasteiger partial charge in [-0.25, -0.2) is 0 Å². The molecule has 2 amide bonds. The van der Waals surface area contributed by atoms with Crippen LogP contribution in [-0.4, -0.2) is 47.1 Å². The first-order valence-corrected chi connectivity index (χ1v) is 11.5. The van der Waals surface area contributed by atoms with Gasteiger partial charge >= 0.3 is 0 Å². The molecule has 1 fully saturated rings. The number of anilines is 1. The van der Waals surface area contributed by atoms with Crippen LogP contribution in [0.4, 0.5) is 5.69 Å². The Morgan fingerprint density at radius 2 is 1.91 bits per heavy atom. The Morgan fingerprint density at radius 1 is 1.16 bits per heavy atom. The predicted octanol–water partition coefficient (Wildman–Crippen LogP) is 4.40. The van der Waals surface area contributed by atoms with Gasteiger partial charge in [-0.05, 0) is 54.8 Å². The van der Waals surface area contributed by atoms with Gasteiger partial charge in [-0.2, -0.15) is 0 Å². The Morgan fingerprint density at radius 3 is 2.62 bits per heavy atom. The molecular weight excluding hydrogens is 448 g/mol. The number of hydrogen-bond acceptors (Lipinski definition) is 6. The van der Waals surface area contributed by atoms with Gasteiger partial charge in [0, 0.05) is 29.7 Å². The fourth-order valence-corrected chi connectivity index (χ4v) is 4.63. The van der Waals surface area contributed by atoms with Crippen LogP contribution in [-0.2, 0) is 11.2 Å². The van der Waals surface area contributed by atoms with E-state index < -0.39 is 0 Å². The SMILES string of the molecule is COc1ccc(CC(=O)N2CCC[C@@H](c3nnc(C(=O)Nc4ccc(Cl)cc4)s3)C2)cc1. The molecule has 2 aromatic carbocycles. The third-order valence-corrected chi connectivity index (χ3v) is 6.71. The molecule has 0 bridgehead atoms. The molecule has 1 saturated heterocycles. The molecule has 9 heteroatoms. The van der Waals surface area contributed by atoms with E-state index in [9.17, 15) is 9.59 Å². The Labute approximate surface area is 195 Å². The van der Waals surface area contributed by atoms with Gasteiger partial charge < -0.3 is 15.0 Å². The van der Waals surface area contributed by atoms with Gasteiger partial charge in [0.15, 0.2) is 0 Å². The summed E-state index contributed by atoms with van der Waals surface area (Å²) in [6.07, 6.45) is 2.16. The number of nitrogens with zero attached hydrogens (tertiary/aromatic N) is 3. The van der Waals surface area contributed by atoms with Crippen molar-refractivity contribution in [3.63, 3.8) is 0 Å². The summed E-state index contributed by atoms with van der Waals surface area (Å²) in [7, 11) is 1.62. The number of amides is 2. The third kappa shape index (κ3) is 5.44. The molecule has 4 rings (SSSR count). The van der Waals surface area contributed by atoms with Crippen LogP contribution in [0.25, 0.3) is 0 Å². The molecule has 2 heterocycles. The van der Waals surface area contributed by atoms with Crippen molar-refractivity contribution < 1.29 is 14.3 Å². The lowest BCUT2D eigenvalue weighted by Crippen LogP contribution is -2.39. The van der Waals surface area contributed by atoms with Crippen molar-refractivity contribution in [2.45, 2.75) is 25.2 Å². The number of halogens is 1. The maximum atomic E-state index is 12.8. The lowest BCUT2D eigenvalue weighted by atomic mass is 9.98. The minimum Gasteiger partial charge on any atom is -0.497 e. The molecule has 0 unspecified atom stereocenters. The van der Waals surface area contributed by atoms with Crippen molar-refractivity contribution in [3.8, 4) is 5.75 Å². The molecule has 32 heavy (non-hydrogen) atoms. The van der Waals surface area contributed by atoms with Crippen molar-refractivity contribution >= 4 is 40.4 Å². The monoisotopic (exact) mass is 470 g/mol. The average molecular weight is 471 g/mol. The van der Waals surface area contributed by atoms with Crippen LogP contribution in [0, 0.1) is 0 Å². The number of hydrogen-bond donors (Lipinski definition) is 1. The zero-order chi connectivity index (χ0) is 22.5. The number of ether oxygens (including phenoxy) is 1. The highest BCUT2D eigenvalue weighted by molar-refractivity contribution is 7.13. The smallest absolute Gasteiger partial charge is 0.286 e. The average Bonchev–Trinajstić information content (AvgIpc) is 3.32. The molecule has 7 nitrogen and oxygen atoms in total. The van der Waals surface area contributed by atoms with E-state index in [0.29, 0.717) is 28.7 Å². The van der Waals surface area contributed by atoms with Crippen LogP contribution < -0.4 is 10.1 Å². The lowest BCUT2D eigenvalue weighted by molar-refractivity contribution is -0.131. The van der Waals surface area contributed by atoms with Gasteiger partial charge in [-0.1, -0.05) is 35.1 Å². The predicted molar refractivity (Wildman–Crippen MR) is 125 cm³/mol. The first kappa shape index (κ1) is 22.2. The van der Waals surface area contributed by atoms with E-state index in [0.717, 1.165) is 35.7 Å². The normalized spacial score (nSPS) is 15.9. The van der Waals surface area contributed by atoms with Gasteiger partial charge in [0.1, 0.15) is 10.8 Å². The second kappa shape index (κ2) is 10.1. The van der Waals surface area contributed by atoms with E-state index in [4.69, 9.17) is 16.3 Å². The summed E-state index contributed by atoms with van der Waals surface area (Å²) in [5.41, 5.74) is 1.60. The van der Waals surface area contributed by atoms with Gasteiger partial charge in [-0.15, -0.1) is 10.2 Å². The second-order valence-corrected chi connectivity index (χ2v) is 9.06. The van der Waals surface area contributed by atoms with Crippen LogP contribution in [0.3, 0.4) is 0 Å². The Hall–Kier alpha value is -2.97. The summed E-state index contributed by atoms with van der Waals surface area (Å²) in [6, 6.07) is 14.4. The van der Waals surface area contributed by atoms with Crippen molar-refractivity contribution in [3.05, 3.63) is 69.1 Å². The Balaban J connectivity index is 1.36. The van der Waals surface area contributed by atoms with Crippen molar-refractivity contribution in [1.29, 1.82) is 0 Å². The Kier molecular flexibility index (Phi) is 7.02. The van der Waals surface area contributed by atoms with Crippen molar-refractivity contribution in [2.75, 3.05) is 25.5 Å². The standard InChI is InChI=1S/C23H23ClN4O3S/c1-31-19-10-4-15(5-11-19)13-20(29)28-12-2-3-16(14-28)22-26-27-23(32-22)21(30)25-18-8-6-17(24)7-9-18/h4-11,16H,2-3,12-14H2,1H3,(H,25,30)/t16-/m1/s1.